The second-order valence-corrected chi connectivity index (χ2v) is 3.94. The van der Waals surface area contributed by atoms with Crippen molar-refractivity contribution in [3.63, 3.8) is 0 Å². The predicted molar refractivity (Wildman–Crippen MR) is 63.3 cm³/mol. The largest absolute Gasteiger partial charge is 0.483 e. The Bertz CT molecular complexity index is 461. The summed E-state index contributed by atoms with van der Waals surface area (Å²) in [4.78, 5) is 21.5. The monoisotopic (exact) mass is 272 g/mol. The highest BCUT2D eigenvalue weighted by Crippen LogP contribution is 2.22. The molecule has 3 N–H and O–H groups in total. The van der Waals surface area contributed by atoms with Crippen LogP contribution in [0.1, 0.15) is 18.9 Å². The number of Topliss-reactive ketones (excluding diaryl/α,β-unsaturated/α-hetero) is 1. The molecule has 0 radical (unpaired) electrons. The highest BCUT2D eigenvalue weighted by atomic mass is 19.3. The van der Waals surface area contributed by atoms with Crippen molar-refractivity contribution in [2.24, 2.45) is 5.84 Å². The van der Waals surface area contributed by atoms with E-state index in [1.165, 1.54) is 24.5 Å². The molecule has 1 rings (SSSR count). The summed E-state index contributed by atoms with van der Waals surface area (Å²) >= 11 is 0. The van der Waals surface area contributed by atoms with Crippen molar-refractivity contribution in [2.45, 2.75) is 25.9 Å². The highest BCUT2D eigenvalue weighted by Gasteiger charge is 2.41. The molecule has 0 aliphatic rings. The van der Waals surface area contributed by atoms with Crippen LogP contribution < -0.4 is 16.0 Å². The number of nitrogens with two attached hydrogens (primary N) is 1. The summed E-state index contributed by atoms with van der Waals surface area (Å²) in [6.45, 7) is 1.48. The average molecular weight is 272 g/mol. The SMILES string of the molecule is CC(=O)CCc1ccc(OC(F)(F)C(=O)NN)cc1. The second-order valence-electron chi connectivity index (χ2n) is 3.94. The number of rotatable bonds is 6. The van der Waals surface area contributed by atoms with Gasteiger partial charge in [0.25, 0.3) is 0 Å². The van der Waals surface area contributed by atoms with E-state index in [0.717, 1.165) is 5.56 Å². The summed E-state index contributed by atoms with van der Waals surface area (Å²) < 4.78 is 30.4. The Hall–Kier alpha value is -2.02. The van der Waals surface area contributed by atoms with Gasteiger partial charge in [-0.25, -0.2) is 5.84 Å². The first-order valence-corrected chi connectivity index (χ1v) is 5.51. The number of carbonyl (C=O) groups is 2. The number of hydrazine groups is 1. The van der Waals surface area contributed by atoms with Gasteiger partial charge in [0.15, 0.2) is 0 Å². The van der Waals surface area contributed by atoms with Crippen LogP contribution in [0.15, 0.2) is 24.3 Å². The average Bonchev–Trinajstić information content (AvgIpc) is 2.36. The molecule has 0 aromatic heterocycles. The Morgan fingerprint density at radius 3 is 2.37 bits per heavy atom. The van der Waals surface area contributed by atoms with Gasteiger partial charge in [-0.1, -0.05) is 12.1 Å². The smallest absolute Gasteiger partial charge is 0.425 e. The Morgan fingerprint density at radius 2 is 1.89 bits per heavy atom. The molecule has 1 amide bonds. The van der Waals surface area contributed by atoms with Crippen LogP contribution in [0.4, 0.5) is 8.78 Å². The highest BCUT2D eigenvalue weighted by molar-refractivity contribution is 5.81. The van der Waals surface area contributed by atoms with E-state index in [0.29, 0.717) is 12.8 Å². The summed E-state index contributed by atoms with van der Waals surface area (Å²) in [5.41, 5.74) is 2.13. The molecule has 0 fully saturated rings. The van der Waals surface area contributed by atoms with E-state index in [1.807, 2.05) is 0 Å². The van der Waals surface area contributed by atoms with Crippen LogP contribution in [0.2, 0.25) is 0 Å². The molecule has 0 bridgehead atoms. The lowest BCUT2D eigenvalue weighted by Gasteiger charge is -2.15. The Kier molecular flexibility index (Phi) is 4.94. The zero-order chi connectivity index (χ0) is 14.5. The molecule has 0 aliphatic heterocycles. The molecule has 19 heavy (non-hydrogen) atoms. The van der Waals surface area contributed by atoms with Gasteiger partial charge >= 0.3 is 12.0 Å². The van der Waals surface area contributed by atoms with E-state index in [9.17, 15) is 18.4 Å². The maximum absolute atomic E-state index is 13.1. The van der Waals surface area contributed by atoms with E-state index < -0.39 is 12.0 Å². The minimum absolute atomic E-state index is 0.0477. The zero-order valence-corrected chi connectivity index (χ0v) is 10.3. The molecule has 0 heterocycles. The van der Waals surface area contributed by atoms with E-state index in [4.69, 9.17) is 0 Å². The minimum Gasteiger partial charge on any atom is -0.425 e. The fourth-order valence-electron chi connectivity index (χ4n) is 1.32. The van der Waals surface area contributed by atoms with Crippen molar-refractivity contribution in [3.8, 4) is 5.75 Å². The lowest BCUT2D eigenvalue weighted by molar-refractivity contribution is -0.192. The van der Waals surface area contributed by atoms with Crippen LogP contribution in [0.3, 0.4) is 0 Å². The predicted octanol–water partition coefficient (Wildman–Crippen LogP) is 1.17. The van der Waals surface area contributed by atoms with Crippen LogP contribution >= 0.6 is 0 Å². The van der Waals surface area contributed by atoms with Crippen molar-refractivity contribution in [2.75, 3.05) is 0 Å². The van der Waals surface area contributed by atoms with Crippen molar-refractivity contribution >= 4 is 11.7 Å². The number of carbonyl (C=O) groups excluding carboxylic acids is 2. The molecule has 0 spiro atoms. The maximum atomic E-state index is 13.1. The molecule has 1 aromatic carbocycles. The molecule has 0 unspecified atom stereocenters. The number of nitrogens with one attached hydrogen (secondary N) is 1. The number of ketones is 1. The van der Waals surface area contributed by atoms with Gasteiger partial charge in [-0.05, 0) is 31.0 Å². The molecule has 0 aliphatic carbocycles. The number of hydrogen-bond donors (Lipinski definition) is 2. The molecule has 0 saturated carbocycles. The van der Waals surface area contributed by atoms with Gasteiger partial charge in [0.2, 0.25) is 0 Å². The first-order valence-electron chi connectivity index (χ1n) is 5.51. The van der Waals surface area contributed by atoms with Crippen LogP contribution in [0, 0.1) is 0 Å². The van der Waals surface area contributed by atoms with Gasteiger partial charge in [0, 0.05) is 6.42 Å². The Morgan fingerprint density at radius 1 is 1.32 bits per heavy atom. The fourth-order valence-corrected chi connectivity index (χ4v) is 1.32. The third kappa shape index (κ3) is 4.63. The zero-order valence-electron chi connectivity index (χ0n) is 10.3. The number of benzene rings is 1. The van der Waals surface area contributed by atoms with Gasteiger partial charge < -0.3 is 9.53 Å². The fraction of sp³-hybridized carbons (Fsp3) is 0.333. The molecule has 104 valence electrons. The summed E-state index contributed by atoms with van der Waals surface area (Å²) in [6, 6.07) is 5.70. The molecular weight excluding hydrogens is 258 g/mol. The van der Waals surface area contributed by atoms with E-state index in [1.54, 1.807) is 12.1 Å². The molecule has 0 saturated heterocycles. The van der Waals surface area contributed by atoms with Crippen molar-refractivity contribution in [3.05, 3.63) is 29.8 Å². The summed E-state index contributed by atoms with van der Waals surface area (Å²) in [6.07, 6.45) is -3.13. The van der Waals surface area contributed by atoms with Crippen molar-refractivity contribution in [1.82, 2.24) is 5.43 Å². The summed E-state index contributed by atoms with van der Waals surface area (Å²) in [7, 11) is 0. The lowest BCUT2D eigenvalue weighted by Crippen LogP contribution is -2.47. The number of hydrogen-bond acceptors (Lipinski definition) is 4. The normalized spacial score (nSPS) is 10.9. The number of aryl methyl sites for hydroxylation is 1. The molecule has 0 atom stereocenters. The van der Waals surface area contributed by atoms with Crippen LogP contribution in [-0.4, -0.2) is 17.8 Å². The van der Waals surface area contributed by atoms with Crippen LogP contribution in [0.5, 0.6) is 5.75 Å². The van der Waals surface area contributed by atoms with Gasteiger partial charge in [0.05, 0.1) is 0 Å². The maximum Gasteiger partial charge on any atom is 0.483 e. The first kappa shape index (κ1) is 15.0. The third-order valence-electron chi connectivity index (χ3n) is 2.33. The quantitative estimate of drug-likeness (QED) is 0.462. The molecule has 5 nitrogen and oxygen atoms in total. The number of halogens is 2. The van der Waals surface area contributed by atoms with E-state index in [-0.39, 0.29) is 11.5 Å². The van der Waals surface area contributed by atoms with Crippen molar-refractivity contribution < 1.29 is 23.1 Å². The Balaban J connectivity index is 2.66. The van der Waals surface area contributed by atoms with Crippen LogP contribution in [-0.2, 0) is 16.0 Å². The standard InChI is InChI=1S/C12H14F2N2O3/c1-8(17)2-3-9-4-6-10(7-5-9)19-12(13,14)11(18)16-15/h4-7H,2-3,15H2,1H3,(H,16,18). The van der Waals surface area contributed by atoms with Crippen LogP contribution in [0.25, 0.3) is 0 Å². The van der Waals surface area contributed by atoms with Gasteiger partial charge in [-0.15, -0.1) is 0 Å². The number of alkyl halides is 2. The third-order valence-corrected chi connectivity index (χ3v) is 2.33. The van der Waals surface area contributed by atoms with Gasteiger partial charge in [0.1, 0.15) is 11.5 Å². The summed E-state index contributed by atoms with van der Waals surface area (Å²) in [5.74, 6) is 2.76. The van der Waals surface area contributed by atoms with Gasteiger partial charge in [-0.3, -0.25) is 10.2 Å². The molecular formula is C12H14F2N2O3. The first-order chi connectivity index (χ1) is 8.85. The molecule has 7 heteroatoms. The van der Waals surface area contributed by atoms with Crippen molar-refractivity contribution in [1.29, 1.82) is 0 Å². The molecule has 1 aromatic rings. The second kappa shape index (κ2) is 6.24. The van der Waals surface area contributed by atoms with E-state index in [2.05, 4.69) is 10.6 Å². The summed E-state index contributed by atoms with van der Waals surface area (Å²) in [5, 5.41) is 0. The Labute approximate surface area is 108 Å². The topological polar surface area (TPSA) is 81.4 Å². The number of ether oxygens (including phenoxy) is 1. The minimum atomic E-state index is -4.03. The van der Waals surface area contributed by atoms with Gasteiger partial charge in [-0.2, -0.15) is 8.78 Å². The number of amides is 1. The lowest BCUT2D eigenvalue weighted by atomic mass is 10.1. The van der Waals surface area contributed by atoms with E-state index >= 15 is 0 Å².